The number of carbonyl (C=O) groups is 1. The third kappa shape index (κ3) is 4.97. The third-order valence-corrected chi connectivity index (χ3v) is 2.44. The van der Waals surface area contributed by atoms with E-state index in [1.807, 2.05) is 30.3 Å². The van der Waals surface area contributed by atoms with Gasteiger partial charge in [0.2, 0.25) is 0 Å². The molecule has 0 radical (unpaired) electrons. The first-order chi connectivity index (χ1) is 8.02. The Morgan fingerprint density at radius 1 is 1.35 bits per heavy atom. The van der Waals surface area contributed by atoms with Crippen LogP contribution in [0.5, 0.6) is 0 Å². The number of rotatable bonds is 7. The molecule has 4 heteroatoms. The second-order valence-electron chi connectivity index (χ2n) is 4.22. The van der Waals surface area contributed by atoms with Crippen LogP contribution in [-0.2, 0) is 16.0 Å². The monoisotopic (exact) mass is 238 g/mol. The molecular weight excluding hydrogens is 220 g/mol. The molecule has 0 fully saturated rings. The second kappa shape index (κ2) is 6.37. The van der Waals surface area contributed by atoms with E-state index in [9.17, 15) is 9.90 Å². The summed E-state index contributed by atoms with van der Waals surface area (Å²) in [5.74, 6) is -1.26. The molecule has 1 aromatic carbocycles. The number of benzene rings is 1. The van der Waals surface area contributed by atoms with Crippen molar-refractivity contribution in [2.45, 2.75) is 25.4 Å². The summed E-state index contributed by atoms with van der Waals surface area (Å²) in [7, 11) is 0. The molecular formula is C13H18O4. The van der Waals surface area contributed by atoms with E-state index in [0.717, 1.165) is 12.8 Å². The highest BCUT2D eigenvalue weighted by molar-refractivity contribution is 5.76. The smallest absolute Gasteiger partial charge is 0.337 e. The maximum Gasteiger partial charge on any atom is 0.337 e. The van der Waals surface area contributed by atoms with Crippen molar-refractivity contribution in [3.05, 3.63) is 35.9 Å². The van der Waals surface area contributed by atoms with Crippen LogP contribution in [0.2, 0.25) is 0 Å². The summed E-state index contributed by atoms with van der Waals surface area (Å²) in [6, 6.07) is 9.99. The molecule has 94 valence electrons. The van der Waals surface area contributed by atoms with Crippen molar-refractivity contribution in [2.75, 3.05) is 13.2 Å². The average Bonchev–Trinajstić information content (AvgIpc) is 2.29. The van der Waals surface area contributed by atoms with Gasteiger partial charge in [-0.15, -0.1) is 0 Å². The van der Waals surface area contributed by atoms with Crippen LogP contribution in [-0.4, -0.2) is 35.0 Å². The maximum atomic E-state index is 10.6. The van der Waals surface area contributed by atoms with Crippen molar-refractivity contribution in [2.24, 2.45) is 0 Å². The molecule has 4 nitrogen and oxygen atoms in total. The van der Waals surface area contributed by atoms with Gasteiger partial charge in [-0.3, -0.25) is 0 Å². The quantitative estimate of drug-likeness (QED) is 0.706. The van der Waals surface area contributed by atoms with Gasteiger partial charge in [-0.2, -0.15) is 0 Å². The molecule has 17 heavy (non-hydrogen) atoms. The highest BCUT2D eigenvalue weighted by Gasteiger charge is 2.29. The van der Waals surface area contributed by atoms with Crippen LogP contribution in [0.1, 0.15) is 18.9 Å². The molecule has 0 saturated heterocycles. The molecule has 0 aromatic heterocycles. The van der Waals surface area contributed by atoms with Crippen molar-refractivity contribution < 1.29 is 19.7 Å². The normalized spacial score (nSPS) is 14.2. The Hall–Kier alpha value is -1.39. The first-order valence-electron chi connectivity index (χ1n) is 5.60. The molecule has 1 rings (SSSR count). The fourth-order valence-electron chi connectivity index (χ4n) is 1.36. The molecule has 0 amide bonds. The molecule has 2 N–H and O–H groups in total. The Bertz CT molecular complexity index is 346. The zero-order valence-electron chi connectivity index (χ0n) is 9.93. The van der Waals surface area contributed by atoms with Gasteiger partial charge < -0.3 is 14.9 Å². The minimum Gasteiger partial charge on any atom is -0.479 e. The number of aliphatic carboxylic acids is 1. The van der Waals surface area contributed by atoms with Crippen molar-refractivity contribution in [1.29, 1.82) is 0 Å². The lowest BCUT2D eigenvalue weighted by molar-refractivity contribution is -0.162. The van der Waals surface area contributed by atoms with E-state index in [1.54, 1.807) is 0 Å². The van der Waals surface area contributed by atoms with Crippen molar-refractivity contribution >= 4 is 5.97 Å². The number of aryl methyl sites for hydroxylation is 1. The van der Waals surface area contributed by atoms with Gasteiger partial charge in [0.05, 0.1) is 6.61 Å². The molecule has 1 aromatic rings. The molecule has 1 unspecified atom stereocenters. The van der Waals surface area contributed by atoms with Gasteiger partial charge in [-0.1, -0.05) is 30.3 Å². The van der Waals surface area contributed by atoms with E-state index in [-0.39, 0.29) is 6.61 Å². The Labute approximate surface area is 101 Å². The van der Waals surface area contributed by atoms with E-state index in [2.05, 4.69) is 0 Å². The summed E-state index contributed by atoms with van der Waals surface area (Å²) in [6.45, 7) is 1.49. The average molecular weight is 238 g/mol. The molecule has 0 heterocycles. The van der Waals surface area contributed by atoms with Crippen molar-refractivity contribution in [3.8, 4) is 0 Å². The van der Waals surface area contributed by atoms with Gasteiger partial charge in [0.15, 0.2) is 5.60 Å². The van der Waals surface area contributed by atoms with E-state index in [4.69, 9.17) is 9.84 Å². The lowest BCUT2D eigenvalue weighted by Gasteiger charge is -2.17. The number of hydrogen-bond acceptors (Lipinski definition) is 3. The van der Waals surface area contributed by atoms with Crippen molar-refractivity contribution in [3.63, 3.8) is 0 Å². The molecule has 0 saturated carbocycles. The van der Waals surface area contributed by atoms with Crippen LogP contribution in [0.4, 0.5) is 0 Å². The van der Waals surface area contributed by atoms with E-state index in [1.165, 1.54) is 12.5 Å². The van der Waals surface area contributed by atoms with Gasteiger partial charge in [-0.05, 0) is 25.3 Å². The number of carboxylic acid groups (broad SMARTS) is 1. The molecule has 0 aliphatic heterocycles. The lowest BCUT2D eigenvalue weighted by atomic mass is 10.1. The van der Waals surface area contributed by atoms with Gasteiger partial charge in [-0.25, -0.2) is 4.79 Å². The molecule has 0 aliphatic carbocycles. The van der Waals surface area contributed by atoms with Crippen LogP contribution >= 0.6 is 0 Å². The summed E-state index contributed by atoms with van der Waals surface area (Å²) in [6.07, 6.45) is 1.69. The highest BCUT2D eigenvalue weighted by atomic mass is 16.5. The van der Waals surface area contributed by atoms with Gasteiger partial charge in [0.1, 0.15) is 0 Å². The first kappa shape index (κ1) is 13.7. The highest BCUT2D eigenvalue weighted by Crippen LogP contribution is 2.06. The summed E-state index contributed by atoms with van der Waals surface area (Å²) in [5.41, 5.74) is -0.576. The van der Waals surface area contributed by atoms with Crippen LogP contribution in [0.15, 0.2) is 30.3 Å². The second-order valence-corrected chi connectivity index (χ2v) is 4.22. The number of carboxylic acids is 1. The van der Waals surface area contributed by atoms with Crippen molar-refractivity contribution in [1.82, 2.24) is 0 Å². The maximum absolute atomic E-state index is 10.6. The molecule has 0 bridgehead atoms. The fourth-order valence-corrected chi connectivity index (χ4v) is 1.36. The van der Waals surface area contributed by atoms with Gasteiger partial charge >= 0.3 is 5.97 Å². The standard InChI is InChI=1S/C13H18O4/c1-13(16,12(14)15)10-17-9-5-8-11-6-3-2-4-7-11/h2-4,6-7,16H,5,8-10H2,1H3,(H,14,15). The third-order valence-electron chi connectivity index (χ3n) is 2.44. The lowest BCUT2D eigenvalue weighted by Crippen LogP contribution is -2.39. The Morgan fingerprint density at radius 2 is 2.00 bits per heavy atom. The fraction of sp³-hybridized carbons (Fsp3) is 0.462. The number of hydrogen-bond donors (Lipinski definition) is 2. The van der Waals surface area contributed by atoms with E-state index < -0.39 is 11.6 Å². The minimum atomic E-state index is -1.80. The largest absolute Gasteiger partial charge is 0.479 e. The predicted molar refractivity (Wildman–Crippen MR) is 63.8 cm³/mol. The summed E-state index contributed by atoms with van der Waals surface area (Å²) in [4.78, 5) is 10.6. The van der Waals surface area contributed by atoms with Gasteiger partial charge in [0, 0.05) is 6.61 Å². The number of ether oxygens (including phenoxy) is 1. The zero-order chi connectivity index (χ0) is 12.7. The molecule has 1 atom stereocenters. The van der Waals surface area contributed by atoms with Gasteiger partial charge in [0.25, 0.3) is 0 Å². The van der Waals surface area contributed by atoms with Crippen LogP contribution in [0.25, 0.3) is 0 Å². The van der Waals surface area contributed by atoms with Crippen LogP contribution in [0, 0.1) is 0 Å². The number of aliphatic hydroxyl groups is 1. The first-order valence-corrected chi connectivity index (χ1v) is 5.60. The van der Waals surface area contributed by atoms with Crippen LogP contribution < -0.4 is 0 Å². The molecule has 0 spiro atoms. The predicted octanol–water partition coefficient (Wildman–Crippen LogP) is 1.47. The Balaban J connectivity index is 2.15. The Morgan fingerprint density at radius 3 is 2.59 bits per heavy atom. The summed E-state index contributed by atoms with van der Waals surface area (Å²) in [5, 5.41) is 18.0. The van der Waals surface area contributed by atoms with E-state index >= 15 is 0 Å². The van der Waals surface area contributed by atoms with Crippen LogP contribution in [0.3, 0.4) is 0 Å². The SMILES string of the molecule is CC(O)(COCCCc1ccccc1)C(=O)O. The zero-order valence-corrected chi connectivity index (χ0v) is 9.93. The Kier molecular flexibility index (Phi) is 5.12. The van der Waals surface area contributed by atoms with E-state index in [0.29, 0.717) is 6.61 Å². The topological polar surface area (TPSA) is 66.8 Å². The summed E-state index contributed by atoms with van der Waals surface area (Å²) >= 11 is 0. The summed E-state index contributed by atoms with van der Waals surface area (Å²) < 4.78 is 5.15. The minimum absolute atomic E-state index is 0.183. The molecule has 0 aliphatic rings.